The number of anilines is 1. The number of pyridine rings is 1. The number of hydrogen-bond acceptors (Lipinski definition) is 1. The van der Waals surface area contributed by atoms with Crippen LogP contribution in [0.1, 0.15) is 11.1 Å². The molecule has 3 N–H and O–H groups in total. The van der Waals surface area contributed by atoms with E-state index in [4.69, 9.17) is 5.73 Å². The molecule has 1 aliphatic heterocycles. The molecule has 2 heteroatoms. The predicted octanol–water partition coefficient (Wildman–Crippen LogP) is 3.29. The summed E-state index contributed by atoms with van der Waals surface area (Å²) in [4.78, 5) is 3.25. The Bertz CT molecular complexity index is 593. The second-order valence-electron chi connectivity index (χ2n) is 4.27. The summed E-state index contributed by atoms with van der Waals surface area (Å²) < 4.78 is 0. The first-order chi connectivity index (χ1) is 8.33. The zero-order chi connectivity index (χ0) is 11.7. The Balaban J connectivity index is 1.95. The molecule has 0 fully saturated rings. The molecule has 0 amide bonds. The average Bonchev–Trinajstić information content (AvgIpc) is 2.81. The van der Waals surface area contributed by atoms with Gasteiger partial charge in [-0.05, 0) is 41.8 Å². The third-order valence-corrected chi connectivity index (χ3v) is 3.06. The van der Waals surface area contributed by atoms with Gasteiger partial charge in [-0.1, -0.05) is 24.3 Å². The number of fused-ring (bicyclic) bond motifs is 1. The van der Waals surface area contributed by atoms with Crippen LogP contribution in [0.15, 0.2) is 54.7 Å². The van der Waals surface area contributed by atoms with Crippen LogP contribution in [0, 0.1) is 0 Å². The molecule has 0 bridgehead atoms. The van der Waals surface area contributed by atoms with E-state index in [1.54, 1.807) is 0 Å². The van der Waals surface area contributed by atoms with Crippen LogP contribution in [0.5, 0.6) is 0 Å². The molecule has 1 aromatic rings. The molecule has 0 radical (unpaired) electrons. The van der Waals surface area contributed by atoms with E-state index in [9.17, 15) is 0 Å². The average molecular weight is 222 g/mol. The molecule has 0 saturated heterocycles. The van der Waals surface area contributed by atoms with Crippen LogP contribution in [0.25, 0.3) is 11.3 Å². The molecular formula is C15H14N2. The van der Waals surface area contributed by atoms with Gasteiger partial charge < -0.3 is 10.7 Å². The van der Waals surface area contributed by atoms with E-state index < -0.39 is 0 Å². The summed E-state index contributed by atoms with van der Waals surface area (Å²) in [6.07, 6.45) is 2.93. The number of H-pyrrole nitrogens is 1. The Morgan fingerprint density at radius 2 is 1.76 bits per heavy atom. The Morgan fingerprint density at radius 3 is 2.59 bits per heavy atom. The van der Waals surface area contributed by atoms with Gasteiger partial charge in [0.1, 0.15) is 0 Å². The molecule has 0 unspecified atom stereocenters. The summed E-state index contributed by atoms with van der Waals surface area (Å²) in [5.41, 5.74) is 11.6. The lowest BCUT2D eigenvalue weighted by atomic mass is 10.0. The van der Waals surface area contributed by atoms with Crippen LogP contribution in [0.4, 0.5) is 5.69 Å². The van der Waals surface area contributed by atoms with Crippen molar-refractivity contribution < 1.29 is 0 Å². The molecule has 17 heavy (non-hydrogen) atoms. The lowest BCUT2D eigenvalue weighted by molar-refractivity contribution is 1.17. The molecule has 2 aliphatic rings. The van der Waals surface area contributed by atoms with E-state index in [1.165, 1.54) is 22.4 Å². The van der Waals surface area contributed by atoms with Gasteiger partial charge in [0.2, 0.25) is 0 Å². The summed E-state index contributed by atoms with van der Waals surface area (Å²) in [6, 6.07) is 16.5. The van der Waals surface area contributed by atoms with Crippen LogP contribution in [-0.2, 0) is 6.42 Å². The zero-order valence-corrected chi connectivity index (χ0v) is 9.48. The van der Waals surface area contributed by atoms with Crippen LogP contribution < -0.4 is 5.73 Å². The number of hydrogen-bond donors (Lipinski definition) is 2. The predicted molar refractivity (Wildman–Crippen MR) is 71.1 cm³/mol. The highest BCUT2D eigenvalue weighted by molar-refractivity contribution is 5.66. The van der Waals surface area contributed by atoms with Crippen molar-refractivity contribution in [2.75, 3.05) is 5.73 Å². The highest BCUT2D eigenvalue weighted by atomic mass is 14.7. The topological polar surface area (TPSA) is 41.8 Å². The zero-order valence-electron chi connectivity index (χ0n) is 9.48. The molecule has 0 spiro atoms. The van der Waals surface area contributed by atoms with Crippen LogP contribution in [0.3, 0.4) is 0 Å². The quantitative estimate of drug-likeness (QED) is 0.642. The van der Waals surface area contributed by atoms with Crippen LogP contribution in [-0.4, -0.2) is 4.98 Å². The van der Waals surface area contributed by atoms with Crippen molar-refractivity contribution >= 4 is 5.69 Å². The maximum absolute atomic E-state index is 5.69. The van der Waals surface area contributed by atoms with E-state index in [0.29, 0.717) is 0 Å². The molecule has 84 valence electrons. The van der Waals surface area contributed by atoms with Crippen LogP contribution in [0.2, 0.25) is 0 Å². The van der Waals surface area contributed by atoms with Crippen LogP contribution >= 0.6 is 0 Å². The van der Waals surface area contributed by atoms with Crippen molar-refractivity contribution in [3.8, 4) is 11.3 Å². The van der Waals surface area contributed by atoms with Crippen molar-refractivity contribution in [3.05, 3.63) is 65.9 Å². The van der Waals surface area contributed by atoms with E-state index in [-0.39, 0.29) is 0 Å². The van der Waals surface area contributed by atoms with E-state index in [0.717, 1.165) is 12.1 Å². The fourth-order valence-corrected chi connectivity index (χ4v) is 2.16. The molecule has 2 nitrogen and oxygen atoms in total. The Morgan fingerprint density at radius 1 is 0.941 bits per heavy atom. The monoisotopic (exact) mass is 222 g/mol. The van der Waals surface area contributed by atoms with E-state index >= 15 is 0 Å². The highest BCUT2D eigenvalue weighted by Gasteiger charge is 2.07. The Hall–Kier alpha value is -2.22. The Labute approximate surface area is 100 Å². The Kier molecular flexibility index (Phi) is 2.33. The SMILES string of the molecule is Nc1ccc(Cc2cc[nH]c3cccc2-3)cc1. The van der Waals surface area contributed by atoms with Gasteiger partial charge in [0.25, 0.3) is 0 Å². The van der Waals surface area contributed by atoms with Gasteiger partial charge in [-0.25, -0.2) is 0 Å². The molecule has 1 heterocycles. The van der Waals surface area contributed by atoms with Gasteiger partial charge in [-0.3, -0.25) is 0 Å². The van der Waals surface area contributed by atoms with Gasteiger partial charge in [-0.15, -0.1) is 0 Å². The largest absolute Gasteiger partial charge is 0.399 e. The summed E-state index contributed by atoms with van der Waals surface area (Å²) in [5.74, 6) is 0. The van der Waals surface area contributed by atoms with Crippen molar-refractivity contribution in [3.63, 3.8) is 0 Å². The summed E-state index contributed by atoms with van der Waals surface area (Å²) in [7, 11) is 0. The lowest BCUT2D eigenvalue weighted by Crippen LogP contribution is -1.93. The molecular weight excluding hydrogens is 208 g/mol. The minimum atomic E-state index is 0.814. The third kappa shape index (κ3) is 1.89. The van der Waals surface area contributed by atoms with Gasteiger partial charge in [0.15, 0.2) is 0 Å². The maximum Gasteiger partial charge on any atom is 0.0456 e. The standard InChI is InChI=1S/C15H14N2/c16-13-6-4-11(5-7-13)10-12-8-9-17-15-3-1-2-14(12)15/h1-9,17H,10,16H2. The second kappa shape index (κ2) is 3.98. The number of benzene rings is 1. The van der Waals surface area contributed by atoms with Crippen molar-refractivity contribution in [2.24, 2.45) is 0 Å². The summed E-state index contributed by atoms with van der Waals surface area (Å²) >= 11 is 0. The third-order valence-electron chi connectivity index (χ3n) is 3.06. The minimum Gasteiger partial charge on any atom is -0.399 e. The van der Waals surface area contributed by atoms with Gasteiger partial charge in [-0.2, -0.15) is 0 Å². The summed E-state index contributed by atoms with van der Waals surface area (Å²) in [5, 5.41) is 0. The smallest absolute Gasteiger partial charge is 0.0456 e. The van der Waals surface area contributed by atoms with Gasteiger partial charge in [0.05, 0.1) is 0 Å². The maximum atomic E-state index is 5.69. The summed E-state index contributed by atoms with van der Waals surface area (Å²) in [6.45, 7) is 0. The molecule has 3 rings (SSSR count). The minimum absolute atomic E-state index is 0.814. The van der Waals surface area contributed by atoms with E-state index in [1.807, 2.05) is 18.3 Å². The molecule has 0 atom stereocenters. The fourth-order valence-electron chi connectivity index (χ4n) is 2.16. The second-order valence-corrected chi connectivity index (χ2v) is 4.27. The fraction of sp³-hybridized carbons (Fsp3) is 0.0667. The lowest BCUT2D eigenvalue weighted by Gasteiger charge is -2.08. The first kappa shape index (κ1) is 9.97. The number of rotatable bonds is 2. The van der Waals surface area contributed by atoms with Crippen molar-refractivity contribution in [2.45, 2.75) is 6.42 Å². The first-order valence-electron chi connectivity index (χ1n) is 5.72. The number of aromatic amines is 1. The molecule has 0 aromatic heterocycles. The number of nitrogen functional groups attached to an aromatic ring is 1. The van der Waals surface area contributed by atoms with Crippen molar-refractivity contribution in [1.82, 2.24) is 4.98 Å². The van der Waals surface area contributed by atoms with Gasteiger partial charge >= 0.3 is 0 Å². The van der Waals surface area contributed by atoms with Crippen molar-refractivity contribution in [1.29, 1.82) is 0 Å². The number of nitrogens with two attached hydrogens (primary N) is 1. The van der Waals surface area contributed by atoms with E-state index in [2.05, 4.69) is 41.4 Å². The molecule has 1 aromatic carbocycles. The number of aromatic nitrogens is 1. The molecule has 1 aliphatic carbocycles. The first-order valence-corrected chi connectivity index (χ1v) is 5.72. The molecule has 0 saturated carbocycles. The normalized spacial score (nSPS) is 10.8. The van der Waals surface area contributed by atoms with Gasteiger partial charge in [0, 0.05) is 23.1 Å². The number of nitrogens with one attached hydrogen (secondary N) is 1. The highest BCUT2D eigenvalue weighted by Crippen LogP contribution is 2.26.